The molecule has 0 atom stereocenters. The van der Waals surface area contributed by atoms with Gasteiger partial charge in [-0.15, -0.1) is 0 Å². The van der Waals surface area contributed by atoms with E-state index in [1.807, 2.05) is 48.5 Å². The largest absolute Gasteiger partial charge is 0.325 e. The highest BCUT2D eigenvalue weighted by atomic mass is 16.2. The lowest BCUT2D eigenvalue weighted by molar-refractivity contribution is -0.120. The Labute approximate surface area is 179 Å². The van der Waals surface area contributed by atoms with Crippen LogP contribution in [0.4, 0.5) is 11.4 Å². The summed E-state index contributed by atoms with van der Waals surface area (Å²) in [6, 6.07) is 15.8. The molecule has 0 bridgehead atoms. The average Bonchev–Trinajstić information content (AvgIpc) is 2.76. The van der Waals surface area contributed by atoms with Crippen LogP contribution in [0.15, 0.2) is 48.5 Å². The van der Waals surface area contributed by atoms with Crippen LogP contribution in [0.3, 0.4) is 0 Å². The number of nitrogens with zero attached hydrogens (tertiary/aromatic N) is 2. The lowest BCUT2D eigenvalue weighted by Gasteiger charge is -2.33. The number of nitrogens with one attached hydrogen (secondary N) is 2. The van der Waals surface area contributed by atoms with E-state index in [1.54, 1.807) is 0 Å². The van der Waals surface area contributed by atoms with Crippen molar-refractivity contribution in [2.24, 2.45) is 0 Å². The minimum atomic E-state index is 0.0123. The Morgan fingerprint density at radius 3 is 1.43 bits per heavy atom. The number of piperazine rings is 1. The molecule has 6 nitrogen and oxygen atoms in total. The highest BCUT2D eigenvalue weighted by Gasteiger charge is 2.21. The predicted molar refractivity (Wildman–Crippen MR) is 122 cm³/mol. The molecule has 2 N–H and O–H groups in total. The summed E-state index contributed by atoms with van der Waals surface area (Å²) >= 11 is 0. The first kappa shape index (κ1) is 22.0. The van der Waals surface area contributed by atoms with E-state index in [2.05, 4.69) is 34.3 Å². The van der Waals surface area contributed by atoms with Gasteiger partial charge in [-0.1, -0.05) is 50.2 Å². The van der Waals surface area contributed by atoms with Crippen LogP contribution in [-0.2, 0) is 22.4 Å². The van der Waals surface area contributed by atoms with Crippen LogP contribution < -0.4 is 10.6 Å². The Balaban J connectivity index is 1.42. The summed E-state index contributed by atoms with van der Waals surface area (Å²) in [4.78, 5) is 29.2. The van der Waals surface area contributed by atoms with Crippen LogP contribution in [0.1, 0.15) is 25.0 Å². The van der Waals surface area contributed by atoms with Crippen LogP contribution in [0.2, 0.25) is 0 Å². The number of anilines is 2. The van der Waals surface area contributed by atoms with E-state index in [1.165, 1.54) is 0 Å². The fourth-order valence-corrected chi connectivity index (χ4v) is 3.79. The summed E-state index contributed by atoms with van der Waals surface area (Å²) in [5.41, 5.74) is 4.08. The molecule has 1 aliphatic rings. The SMILES string of the molecule is CCc1ccccc1NC(=O)CN1CCN(CC(=O)Nc2ccccc2CC)CC1. The Morgan fingerprint density at radius 1 is 0.700 bits per heavy atom. The molecule has 2 aromatic carbocycles. The number of benzene rings is 2. The zero-order valence-corrected chi connectivity index (χ0v) is 18.0. The van der Waals surface area contributed by atoms with Gasteiger partial charge in [0, 0.05) is 37.6 Å². The molecule has 1 aliphatic heterocycles. The van der Waals surface area contributed by atoms with Gasteiger partial charge in [0.05, 0.1) is 13.1 Å². The smallest absolute Gasteiger partial charge is 0.238 e. The highest BCUT2D eigenvalue weighted by Crippen LogP contribution is 2.16. The summed E-state index contributed by atoms with van der Waals surface area (Å²) in [6.45, 7) is 8.04. The quantitative estimate of drug-likeness (QED) is 0.705. The summed E-state index contributed by atoms with van der Waals surface area (Å²) in [5, 5.41) is 6.06. The maximum absolute atomic E-state index is 12.4. The normalized spacial score (nSPS) is 15.0. The third kappa shape index (κ3) is 6.15. The molecular formula is C24H32N4O2. The van der Waals surface area contributed by atoms with E-state index < -0.39 is 0 Å². The first-order valence-electron chi connectivity index (χ1n) is 10.8. The van der Waals surface area contributed by atoms with Crippen LogP contribution in [0.25, 0.3) is 0 Å². The van der Waals surface area contributed by atoms with Crippen molar-refractivity contribution in [2.75, 3.05) is 49.9 Å². The van der Waals surface area contributed by atoms with Crippen molar-refractivity contribution in [1.29, 1.82) is 0 Å². The number of hydrogen-bond donors (Lipinski definition) is 2. The maximum atomic E-state index is 12.4. The number of aryl methyl sites for hydroxylation is 2. The fourth-order valence-electron chi connectivity index (χ4n) is 3.79. The number of rotatable bonds is 8. The van der Waals surface area contributed by atoms with Crippen molar-refractivity contribution < 1.29 is 9.59 Å². The van der Waals surface area contributed by atoms with E-state index in [9.17, 15) is 9.59 Å². The van der Waals surface area contributed by atoms with Crippen LogP contribution in [-0.4, -0.2) is 60.9 Å². The molecule has 0 radical (unpaired) electrons. The average molecular weight is 409 g/mol. The highest BCUT2D eigenvalue weighted by molar-refractivity contribution is 5.93. The molecule has 0 aromatic heterocycles. The minimum Gasteiger partial charge on any atom is -0.325 e. The van der Waals surface area contributed by atoms with Gasteiger partial charge in [-0.25, -0.2) is 0 Å². The van der Waals surface area contributed by atoms with Crippen molar-refractivity contribution in [2.45, 2.75) is 26.7 Å². The molecule has 1 heterocycles. The number of para-hydroxylation sites is 2. The van der Waals surface area contributed by atoms with Crippen LogP contribution >= 0.6 is 0 Å². The summed E-state index contributed by atoms with van der Waals surface area (Å²) < 4.78 is 0. The van der Waals surface area contributed by atoms with Gasteiger partial charge in [0.25, 0.3) is 0 Å². The van der Waals surface area contributed by atoms with E-state index >= 15 is 0 Å². The van der Waals surface area contributed by atoms with E-state index in [0.29, 0.717) is 13.1 Å². The van der Waals surface area contributed by atoms with Crippen molar-refractivity contribution in [3.8, 4) is 0 Å². The molecule has 3 rings (SSSR count). The van der Waals surface area contributed by atoms with Gasteiger partial charge in [-0.3, -0.25) is 19.4 Å². The van der Waals surface area contributed by atoms with Crippen molar-refractivity contribution in [3.63, 3.8) is 0 Å². The van der Waals surface area contributed by atoms with Gasteiger partial charge >= 0.3 is 0 Å². The van der Waals surface area contributed by atoms with E-state index in [4.69, 9.17) is 0 Å². The first-order valence-corrected chi connectivity index (χ1v) is 10.8. The third-order valence-electron chi connectivity index (χ3n) is 5.54. The second-order valence-corrected chi connectivity index (χ2v) is 7.67. The Morgan fingerprint density at radius 2 is 1.07 bits per heavy atom. The van der Waals surface area contributed by atoms with Crippen molar-refractivity contribution in [3.05, 3.63) is 59.7 Å². The zero-order chi connectivity index (χ0) is 21.3. The molecular weight excluding hydrogens is 376 g/mol. The Kier molecular flexibility index (Phi) is 7.99. The van der Waals surface area contributed by atoms with Gasteiger partial charge < -0.3 is 10.6 Å². The second kappa shape index (κ2) is 10.9. The first-order chi connectivity index (χ1) is 14.6. The Bertz CT molecular complexity index is 788. The van der Waals surface area contributed by atoms with Crippen LogP contribution in [0, 0.1) is 0 Å². The minimum absolute atomic E-state index is 0.0123. The van der Waals surface area contributed by atoms with Gasteiger partial charge in [0.15, 0.2) is 0 Å². The molecule has 160 valence electrons. The van der Waals surface area contributed by atoms with Crippen molar-refractivity contribution in [1.82, 2.24) is 9.80 Å². The maximum Gasteiger partial charge on any atom is 0.238 e. The predicted octanol–water partition coefficient (Wildman–Crippen LogP) is 3.01. The summed E-state index contributed by atoms with van der Waals surface area (Å²) in [7, 11) is 0. The number of carbonyl (C=O) groups is 2. The molecule has 0 saturated carbocycles. The molecule has 0 aliphatic carbocycles. The summed E-state index contributed by atoms with van der Waals surface area (Å²) in [6.07, 6.45) is 1.78. The van der Waals surface area contributed by atoms with Gasteiger partial charge in [-0.2, -0.15) is 0 Å². The van der Waals surface area contributed by atoms with Gasteiger partial charge in [-0.05, 0) is 36.1 Å². The molecule has 0 spiro atoms. The molecule has 2 amide bonds. The van der Waals surface area contributed by atoms with Gasteiger partial charge in [0.2, 0.25) is 11.8 Å². The van der Waals surface area contributed by atoms with E-state index in [0.717, 1.165) is 61.5 Å². The lowest BCUT2D eigenvalue weighted by Crippen LogP contribution is -2.50. The number of carbonyl (C=O) groups excluding carboxylic acids is 2. The summed E-state index contributed by atoms with van der Waals surface area (Å²) in [5.74, 6) is 0.0246. The molecule has 1 fully saturated rings. The van der Waals surface area contributed by atoms with Crippen molar-refractivity contribution >= 4 is 23.2 Å². The molecule has 0 unspecified atom stereocenters. The standard InChI is InChI=1S/C24H32N4O2/c1-3-19-9-5-7-11-21(19)25-23(29)17-27-13-15-28(16-14-27)18-24(30)26-22-12-8-6-10-20(22)4-2/h5-12H,3-4,13-18H2,1-2H3,(H,25,29)(H,26,30). The van der Waals surface area contributed by atoms with E-state index in [-0.39, 0.29) is 11.8 Å². The Hall–Kier alpha value is -2.70. The molecule has 1 saturated heterocycles. The topological polar surface area (TPSA) is 64.7 Å². The van der Waals surface area contributed by atoms with Crippen LogP contribution in [0.5, 0.6) is 0 Å². The monoisotopic (exact) mass is 408 g/mol. The number of amides is 2. The third-order valence-corrected chi connectivity index (χ3v) is 5.54. The molecule has 6 heteroatoms. The fraction of sp³-hybridized carbons (Fsp3) is 0.417. The molecule has 2 aromatic rings. The zero-order valence-electron chi connectivity index (χ0n) is 18.0. The number of hydrogen-bond acceptors (Lipinski definition) is 4. The lowest BCUT2D eigenvalue weighted by atomic mass is 10.1. The molecule has 30 heavy (non-hydrogen) atoms. The van der Waals surface area contributed by atoms with Gasteiger partial charge in [0.1, 0.15) is 0 Å². The second-order valence-electron chi connectivity index (χ2n) is 7.67.